The Morgan fingerprint density at radius 3 is 2.72 bits per heavy atom. The molecule has 3 rings (SSSR count). The average Bonchev–Trinajstić information content (AvgIpc) is 3.05. The van der Waals surface area contributed by atoms with Crippen LogP contribution in [0.5, 0.6) is 0 Å². The summed E-state index contributed by atoms with van der Waals surface area (Å²) in [5.74, 6) is -1.36. The van der Waals surface area contributed by atoms with Crippen molar-refractivity contribution in [3.8, 4) is 0 Å². The van der Waals surface area contributed by atoms with Crippen LogP contribution in [0.2, 0.25) is 0 Å². The van der Waals surface area contributed by atoms with Crippen LogP contribution < -0.4 is 5.32 Å². The molecule has 29 heavy (non-hydrogen) atoms. The Morgan fingerprint density at radius 2 is 1.97 bits per heavy atom. The normalized spacial score (nSPS) is 10.9. The van der Waals surface area contributed by atoms with Gasteiger partial charge in [0.2, 0.25) is 0 Å². The minimum atomic E-state index is -0.485. The van der Waals surface area contributed by atoms with Crippen molar-refractivity contribution in [2.75, 3.05) is 6.61 Å². The molecule has 0 aliphatic rings. The second kappa shape index (κ2) is 8.81. The third-order valence-electron chi connectivity index (χ3n) is 4.66. The number of rotatable bonds is 7. The van der Waals surface area contributed by atoms with E-state index < -0.39 is 24.3 Å². The van der Waals surface area contributed by atoms with Crippen molar-refractivity contribution >= 4 is 17.5 Å². The van der Waals surface area contributed by atoms with Crippen molar-refractivity contribution in [1.82, 2.24) is 19.9 Å². The van der Waals surface area contributed by atoms with E-state index in [0.29, 0.717) is 12.0 Å². The molecule has 0 radical (unpaired) electrons. The van der Waals surface area contributed by atoms with Gasteiger partial charge in [0, 0.05) is 36.0 Å². The Hall–Kier alpha value is -3.29. The molecule has 0 unspecified atom stereocenters. The third kappa shape index (κ3) is 4.96. The quantitative estimate of drug-likeness (QED) is 0.619. The predicted octanol–water partition coefficient (Wildman–Crippen LogP) is 2.59. The Bertz CT molecular complexity index is 1060. The molecule has 3 aromatic rings. The highest BCUT2D eigenvalue weighted by atomic mass is 19.1. The molecule has 1 aromatic carbocycles. The smallest absolute Gasteiger partial charge is 0.306 e. The van der Waals surface area contributed by atoms with Crippen LogP contribution in [0, 0.1) is 26.6 Å². The van der Waals surface area contributed by atoms with Gasteiger partial charge in [-0.05, 0) is 38.8 Å². The molecule has 2 heterocycles. The Balaban J connectivity index is 1.49. The van der Waals surface area contributed by atoms with Gasteiger partial charge in [-0.15, -0.1) is 0 Å². The lowest BCUT2D eigenvalue weighted by molar-refractivity contribution is -0.148. The number of fused-ring (bicyclic) bond motifs is 1. The molecule has 0 fully saturated rings. The van der Waals surface area contributed by atoms with Crippen molar-refractivity contribution in [3.05, 3.63) is 64.4 Å². The van der Waals surface area contributed by atoms with E-state index in [4.69, 9.17) is 4.74 Å². The van der Waals surface area contributed by atoms with E-state index in [1.165, 1.54) is 6.07 Å². The second-order valence-electron chi connectivity index (χ2n) is 6.85. The van der Waals surface area contributed by atoms with Gasteiger partial charge in [0.25, 0.3) is 5.91 Å². The minimum Gasteiger partial charge on any atom is -0.456 e. The highest BCUT2D eigenvalue weighted by molar-refractivity contribution is 5.80. The fraction of sp³-hybridized carbons (Fsp3) is 0.333. The highest BCUT2D eigenvalue weighted by Crippen LogP contribution is 2.17. The molecule has 0 aliphatic carbocycles. The fourth-order valence-electron chi connectivity index (χ4n) is 3.13. The zero-order chi connectivity index (χ0) is 21.0. The van der Waals surface area contributed by atoms with Gasteiger partial charge in [0.05, 0.1) is 5.69 Å². The number of ether oxygens (including phenoxy) is 1. The van der Waals surface area contributed by atoms with Crippen LogP contribution in [0.15, 0.2) is 30.3 Å². The van der Waals surface area contributed by atoms with Crippen LogP contribution >= 0.6 is 0 Å². The summed E-state index contributed by atoms with van der Waals surface area (Å²) >= 11 is 0. The number of benzene rings is 1. The number of carbonyl (C=O) groups is 2. The number of hydrogen-bond donors (Lipinski definition) is 1. The van der Waals surface area contributed by atoms with Crippen molar-refractivity contribution in [1.29, 1.82) is 0 Å². The number of amides is 1. The molecule has 152 valence electrons. The van der Waals surface area contributed by atoms with Crippen LogP contribution in [-0.4, -0.2) is 33.1 Å². The van der Waals surface area contributed by atoms with E-state index in [9.17, 15) is 14.0 Å². The monoisotopic (exact) mass is 398 g/mol. The van der Waals surface area contributed by atoms with Crippen LogP contribution in [0.4, 0.5) is 4.39 Å². The molecule has 0 atom stereocenters. The van der Waals surface area contributed by atoms with Gasteiger partial charge >= 0.3 is 5.97 Å². The first-order valence-corrected chi connectivity index (χ1v) is 9.33. The number of aromatic nitrogens is 3. The summed E-state index contributed by atoms with van der Waals surface area (Å²) in [4.78, 5) is 28.4. The average molecular weight is 398 g/mol. The first-order valence-electron chi connectivity index (χ1n) is 9.33. The van der Waals surface area contributed by atoms with Crippen LogP contribution in [-0.2, 0) is 27.3 Å². The molecule has 7 nitrogen and oxygen atoms in total. The molecule has 0 bridgehead atoms. The summed E-state index contributed by atoms with van der Waals surface area (Å²) in [5.41, 5.74) is 4.71. The van der Waals surface area contributed by atoms with Crippen LogP contribution in [0.25, 0.3) is 5.65 Å². The number of esters is 1. The van der Waals surface area contributed by atoms with Gasteiger partial charge in [0.1, 0.15) is 5.82 Å². The summed E-state index contributed by atoms with van der Waals surface area (Å²) < 4.78 is 20.3. The maximum Gasteiger partial charge on any atom is 0.306 e. The largest absolute Gasteiger partial charge is 0.456 e. The Labute approximate surface area is 167 Å². The summed E-state index contributed by atoms with van der Waals surface area (Å²) in [6.45, 7) is 5.37. The zero-order valence-corrected chi connectivity index (χ0v) is 16.7. The number of nitrogens with one attached hydrogen (secondary N) is 1. The lowest BCUT2D eigenvalue weighted by Crippen LogP contribution is -2.28. The van der Waals surface area contributed by atoms with Crippen molar-refractivity contribution in [3.63, 3.8) is 0 Å². The molecular formula is C21H23FN4O3. The summed E-state index contributed by atoms with van der Waals surface area (Å²) in [7, 11) is 0. The van der Waals surface area contributed by atoms with Gasteiger partial charge in [-0.2, -0.15) is 5.10 Å². The summed E-state index contributed by atoms with van der Waals surface area (Å²) in [6, 6.07) is 8.07. The Kier molecular flexibility index (Phi) is 6.21. The number of carbonyl (C=O) groups excluding carboxylic acids is 2. The molecule has 0 spiro atoms. The molecule has 1 N–H and O–H groups in total. The van der Waals surface area contributed by atoms with Crippen molar-refractivity contribution in [2.45, 2.75) is 40.2 Å². The second-order valence-corrected chi connectivity index (χ2v) is 6.85. The minimum absolute atomic E-state index is 0.0381. The van der Waals surface area contributed by atoms with Gasteiger partial charge in [0.15, 0.2) is 12.3 Å². The topological polar surface area (TPSA) is 85.6 Å². The van der Waals surface area contributed by atoms with E-state index in [0.717, 1.165) is 28.3 Å². The SMILES string of the molecule is Cc1cc2nc(C)c(CCC(=O)OCC(=O)NCc3ccccc3F)c(C)n2n1. The summed E-state index contributed by atoms with van der Waals surface area (Å²) in [6.07, 6.45) is 0.560. The van der Waals surface area contributed by atoms with Gasteiger partial charge < -0.3 is 10.1 Å². The van der Waals surface area contributed by atoms with Crippen molar-refractivity contribution < 1.29 is 18.7 Å². The van der Waals surface area contributed by atoms with E-state index in [2.05, 4.69) is 15.4 Å². The van der Waals surface area contributed by atoms with E-state index >= 15 is 0 Å². The van der Waals surface area contributed by atoms with E-state index in [1.54, 1.807) is 22.7 Å². The predicted molar refractivity (Wildman–Crippen MR) is 105 cm³/mol. The Morgan fingerprint density at radius 1 is 1.21 bits per heavy atom. The molecule has 0 aliphatic heterocycles. The lowest BCUT2D eigenvalue weighted by atomic mass is 10.1. The maximum absolute atomic E-state index is 13.5. The fourth-order valence-corrected chi connectivity index (χ4v) is 3.13. The first kappa shape index (κ1) is 20.4. The van der Waals surface area contributed by atoms with Crippen LogP contribution in [0.1, 0.15) is 34.6 Å². The van der Waals surface area contributed by atoms with E-state index in [1.807, 2.05) is 26.8 Å². The van der Waals surface area contributed by atoms with Gasteiger partial charge in [-0.3, -0.25) is 9.59 Å². The summed E-state index contributed by atoms with van der Waals surface area (Å²) in [5, 5.41) is 6.94. The number of nitrogens with zero attached hydrogens (tertiary/aromatic N) is 3. The highest BCUT2D eigenvalue weighted by Gasteiger charge is 2.14. The van der Waals surface area contributed by atoms with Gasteiger partial charge in [-0.25, -0.2) is 13.9 Å². The molecule has 0 saturated carbocycles. The third-order valence-corrected chi connectivity index (χ3v) is 4.66. The molecule has 2 aromatic heterocycles. The standard InChI is InChI=1S/C21H23FN4O3/c1-13-10-19-24-14(2)17(15(3)26(19)25-13)8-9-21(28)29-12-20(27)23-11-16-6-4-5-7-18(16)22/h4-7,10H,8-9,11-12H2,1-3H3,(H,23,27). The molecule has 0 saturated heterocycles. The first-order chi connectivity index (χ1) is 13.8. The lowest BCUT2D eigenvalue weighted by Gasteiger charge is -2.11. The number of hydrogen-bond acceptors (Lipinski definition) is 5. The molecule has 1 amide bonds. The molecular weight excluding hydrogens is 375 g/mol. The molecule has 8 heteroatoms. The van der Waals surface area contributed by atoms with Crippen molar-refractivity contribution in [2.24, 2.45) is 0 Å². The maximum atomic E-state index is 13.5. The number of halogens is 1. The zero-order valence-electron chi connectivity index (χ0n) is 16.7. The number of aryl methyl sites for hydroxylation is 3. The van der Waals surface area contributed by atoms with Gasteiger partial charge in [-0.1, -0.05) is 18.2 Å². The van der Waals surface area contributed by atoms with Crippen LogP contribution in [0.3, 0.4) is 0 Å². The van der Waals surface area contributed by atoms with E-state index in [-0.39, 0.29) is 13.0 Å².